The second-order valence-electron chi connectivity index (χ2n) is 5.78. The Morgan fingerprint density at radius 3 is 2.25 bits per heavy atom. The Morgan fingerprint density at radius 2 is 1.75 bits per heavy atom. The number of aliphatic hydroxyl groups is 1. The third-order valence-electron chi connectivity index (χ3n) is 4.63. The standard InChI is InChI=1S/C14H29NO/c1-5-14(16,6-2)10-15-13-8-7-11(3)12(4)9-13/h11-13,15-16H,5-10H2,1-4H3. The summed E-state index contributed by atoms with van der Waals surface area (Å²) in [6, 6.07) is 0.621. The van der Waals surface area contributed by atoms with Gasteiger partial charge in [0.2, 0.25) is 0 Å². The third-order valence-corrected chi connectivity index (χ3v) is 4.63. The summed E-state index contributed by atoms with van der Waals surface area (Å²) in [7, 11) is 0. The molecule has 0 aromatic carbocycles. The molecule has 1 saturated carbocycles. The van der Waals surface area contributed by atoms with E-state index < -0.39 is 5.60 Å². The highest BCUT2D eigenvalue weighted by Crippen LogP contribution is 2.29. The van der Waals surface area contributed by atoms with E-state index in [1.807, 2.05) is 0 Å². The number of hydrogen-bond donors (Lipinski definition) is 2. The second-order valence-corrected chi connectivity index (χ2v) is 5.78. The van der Waals surface area contributed by atoms with E-state index in [1.165, 1.54) is 19.3 Å². The van der Waals surface area contributed by atoms with E-state index in [0.29, 0.717) is 6.04 Å². The van der Waals surface area contributed by atoms with E-state index in [-0.39, 0.29) is 0 Å². The van der Waals surface area contributed by atoms with Gasteiger partial charge in [-0.25, -0.2) is 0 Å². The molecule has 0 amide bonds. The molecule has 3 atom stereocenters. The van der Waals surface area contributed by atoms with Crippen LogP contribution in [0.2, 0.25) is 0 Å². The number of rotatable bonds is 5. The van der Waals surface area contributed by atoms with Gasteiger partial charge in [0.1, 0.15) is 0 Å². The summed E-state index contributed by atoms with van der Waals surface area (Å²) in [5.74, 6) is 1.69. The van der Waals surface area contributed by atoms with Gasteiger partial charge in [-0.05, 0) is 43.9 Å². The van der Waals surface area contributed by atoms with Crippen LogP contribution < -0.4 is 5.32 Å². The van der Waals surface area contributed by atoms with Gasteiger partial charge < -0.3 is 10.4 Å². The van der Waals surface area contributed by atoms with Crippen LogP contribution in [0.3, 0.4) is 0 Å². The van der Waals surface area contributed by atoms with Crippen molar-refractivity contribution in [2.75, 3.05) is 6.54 Å². The Kier molecular flexibility index (Phi) is 5.26. The van der Waals surface area contributed by atoms with Gasteiger partial charge in [-0.2, -0.15) is 0 Å². The van der Waals surface area contributed by atoms with Gasteiger partial charge in [0, 0.05) is 12.6 Å². The Morgan fingerprint density at radius 1 is 1.12 bits per heavy atom. The summed E-state index contributed by atoms with van der Waals surface area (Å²) in [6.45, 7) is 9.60. The quantitative estimate of drug-likeness (QED) is 0.757. The summed E-state index contributed by atoms with van der Waals surface area (Å²) in [6.07, 6.45) is 5.56. The number of nitrogens with one attached hydrogen (secondary N) is 1. The predicted octanol–water partition coefficient (Wildman–Crippen LogP) is 2.95. The highest BCUT2D eigenvalue weighted by Gasteiger charge is 2.27. The Bertz CT molecular complexity index is 201. The minimum Gasteiger partial charge on any atom is -0.389 e. The minimum absolute atomic E-state index is 0.494. The molecular formula is C14H29NO. The zero-order valence-electron chi connectivity index (χ0n) is 11.4. The minimum atomic E-state index is -0.494. The predicted molar refractivity (Wildman–Crippen MR) is 69.5 cm³/mol. The second kappa shape index (κ2) is 6.02. The molecule has 1 rings (SSSR count). The zero-order chi connectivity index (χ0) is 12.2. The van der Waals surface area contributed by atoms with E-state index in [0.717, 1.165) is 31.2 Å². The van der Waals surface area contributed by atoms with Gasteiger partial charge in [-0.15, -0.1) is 0 Å². The first-order valence-electron chi connectivity index (χ1n) is 6.96. The van der Waals surface area contributed by atoms with Crippen molar-refractivity contribution < 1.29 is 5.11 Å². The van der Waals surface area contributed by atoms with Gasteiger partial charge >= 0.3 is 0 Å². The molecule has 0 aromatic rings. The van der Waals surface area contributed by atoms with Crippen molar-refractivity contribution in [3.05, 3.63) is 0 Å². The molecule has 0 heterocycles. The van der Waals surface area contributed by atoms with Crippen LogP contribution in [0.15, 0.2) is 0 Å². The average molecular weight is 227 g/mol. The number of hydrogen-bond acceptors (Lipinski definition) is 2. The molecule has 3 unspecified atom stereocenters. The maximum Gasteiger partial charge on any atom is 0.0766 e. The molecule has 0 spiro atoms. The van der Waals surface area contributed by atoms with Crippen molar-refractivity contribution in [1.82, 2.24) is 5.32 Å². The summed E-state index contributed by atoms with van der Waals surface area (Å²) in [4.78, 5) is 0. The fourth-order valence-corrected chi connectivity index (χ4v) is 2.57. The molecule has 0 bridgehead atoms. The van der Waals surface area contributed by atoms with Crippen molar-refractivity contribution in [2.45, 2.75) is 71.4 Å². The Hall–Kier alpha value is -0.0800. The molecule has 1 aliphatic carbocycles. The van der Waals surface area contributed by atoms with E-state index in [1.54, 1.807) is 0 Å². The SMILES string of the molecule is CCC(O)(CC)CNC1CCC(C)C(C)C1. The monoisotopic (exact) mass is 227 g/mol. The topological polar surface area (TPSA) is 32.3 Å². The molecule has 2 nitrogen and oxygen atoms in total. The molecule has 2 heteroatoms. The van der Waals surface area contributed by atoms with E-state index in [2.05, 4.69) is 33.0 Å². The zero-order valence-corrected chi connectivity index (χ0v) is 11.4. The van der Waals surface area contributed by atoms with Crippen LogP contribution in [0.4, 0.5) is 0 Å². The molecule has 16 heavy (non-hydrogen) atoms. The van der Waals surface area contributed by atoms with Crippen molar-refractivity contribution in [2.24, 2.45) is 11.8 Å². The highest BCUT2D eigenvalue weighted by molar-refractivity contribution is 4.84. The molecule has 0 radical (unpaired) electrons. The lowest BCUT2D eigenvalue weighted by Crippen LogP contribution is -2.45. The van der Waals surface area contributed by atoms with Crippen LogP contribution in [-0.2, 0) is 0 Å². The summed E-state index contributed by atoms with van der Waals surface area (Å²) < 4.78 is 0. The Balaban J connectivity index is 2.33. The molecule has 1 aliphatic rings. The van der Waals surface area contributed by atoms with E-state index in [4.69, 9.17) is 0 Å². The maximum absolute atomic E-state index is 10.2. The average Bonchev–Trinajstić information content (AvgIpc) is 2.30. The molecule has 0 aromatic heterocycles. The van der Waals surface area contributed by atoms with Crippen molar-refractivity contribution in [3.8, 4) is 0 Å². The van der Waals surface area contributed by atoms with Crippen LogP contribution in [0.1, 0.15) is 59.8 Å². The first kappa shape index (κ1) is 14.0. The fourth-order valence-electron chi connectivity index (χ4n) is 2.57. The summed E-state index contributed by atoms with van der Waals surface area (Å²) in [5, 5.41) is 13.8. The van der Waals surface area contributed by atoms with Gasteiger partial charge in [0.15, 0.2) is 0 Å². The lowest BCUT2D eigenvalue weighted by Gasteiger charge is -2.35. The van der Waals surface area contributed by atoms with Crippen LogP contribution in [-0.4, -0.2) is 23.3 Å². The van der Waals surface area contributed by atoms with Crippen molar-refractivity contribution in [1.29, 1.82) is 0 Å². The fraction of sp³-hybridized carbons (Fsp3) is 1.00. The summed E-state index contributed by atoms with van der Waals surface area (Å²) >= 11 is 0. The van der Waals surface area contributed by atoms with Crippen LogP contribution >= 0.6 is 0 Å². The maximum atomic E-state index is 10.2. The third kappa shape index (κ3) is 3.74. The normalized spacial score (nSPS) is 31.7. The molecule has 0 aliphatic heterocycles. The van der Waals surface area contributed by atoms with Crippen LogP contribution in [0, 0.1) is 11.8 Å². The van der Waals surface area contributed by atoms with Gasteiger partial charge in [0.05, 0.1) is 5.60 Å². The lowest BCUT2D eigenvalue weighted by atomic mass is 9.79. The van der Waals surface area contributed by atoms with E-state index in [9.17, 15) is 5.11 Å². The Labute approximate surface area is 101 Å². The van der Waals surface area contributed by atoms with Crippen LogP contribution in [0.5, 0.6) is 0 Å². The van der Waals surface area contributed by atoms with Crippen molar-refractivity contribution >= 4 is 0 Å². The van der Waals surface area contributed by atoms with Gasteiger partial charge in [-0.1, -0.05) is 27.7 Å². The van der Waals surface area contributed by atoms with Gasteiger partial charge in [-0.3, -0.25) is 0 Å². The molecule has 96 valence electrons. The molecule has 1 fully saturated rings. The molecule has 2 N–H and O–H groups in total. The first-order valence-corrected chi connectivity index (χ1v) is 6.96. The highest BCUT2D eigenvalue weighted by atomic mass is 16.3. The largest absolute Gasteiger partial charge is 0.389 e. The van der Waals surface area contributed by atoms with E-state index >= 15 is 0 Å². The molecule has 0 saturated heterocycles. The first-order chi connectivity index (χ1) is 7.50. The van der Waals surface area contributed by atoms with Gasteiger partial charge in [0.25, 0.3) is 0 Å². The van der Waals surface area contributed by atoms with Crippen LogP contribution in [0.25, 0.3) is 0 Å². The van der Waals surface area contributed by atoms with Crippen molar-refractivity contribution in [3.63, 3.8) is 0 Å². The summed E-state index contributed by atoms with van der Waals surface area (Å²) in [5.41, 5.74) is -0.494. The smallest absolute Gasteiger partial charge is 0.0766 e. The molecular weight excluding hydrogens is 198 g/mol. The lowest BCUT2D eigenvalue weighted by molar-refractivity contribution is 0.0269.